The fourth-order valence-corrected chi connectivity index (χ4v) is 2.90. The summed E-state index contributed by atoms with van der Waals surface area (Å²) in [4.78, 5) is 0.916. The molecule has 21 heavy (non-hydrogen) atoms. The molecule has 0 bridgehead atoms. The molecule has 2 aromatic carbocycles. The molecule has 3 nitrogen and oxygen atoms in total. The van der Waals surface area contributed by atoms with Crippen molar-refractivity contribution in [2.24, 2.45) is 10.9 Å². The smallest absolute Gasteiger partial charge is 0.170 e. The maximum atomic E-state index is 13.5. The third-order valence-corrected chi connectivity index (χ3v) is 4.46. The maximum absolute atomic E-state index is 13.5. The highest BCUT2D eigenvalue weighted by atomic mass is 35.5. The van der Waals surface area contributed by atoms with Gasteiger partial charge in [-0.2, -0.15) is 0 Å². The number of nitrogens with zero attached hydrogens (tertiary/aromatic N) is 1. The lowest BCUT2D eigenvalue weighted by molar-refractivity contribution is 0.318. The molecule has 0 heterocycles. The quantitative estimate of drug-likeness (QED) is 0.282. The standard InChI is InChI=1S/C14H11Cl2FN2OS/c15-12-2-1-11(6-13(12)16)21-7-8-3-9(14(18)19-20)5-10(17)4-8/h1-6,20H,7H2,(H2,18,19). The van der Waals surface area contributed by atoms with Crippen LogP contribution in [0.2, 0.25) is 10.0 Å². The van der Waals surface area contributed by atoms with E-state index < -0.39 is 5.82 Å². The summed E-state index contributed by atoms with van der Waals surface area (Å²) in [5, 5.41) is 12.5. The van der Waals surface area contributed by atoms with Crippen LogP contribution in [0.15, 0.2) is 46.4 Å². The molecule has 2 rings (SSSR count). The topological polar surface area (TPSA) is 58.6 Å². The molecule has 0 saturated carbocycles. The number of hydrogen-bond acceptors (Lipinski definition) is 3. The first-order chi connectivity index (χ1) is 9.99. The number of nitrogens with two attached hydrogens (primary N) is 1. The Morgan fingerprint density at radius 3 is 2.62 bits per heavy atom. The Kier molecular flexibility index (Phi) is 5.33. The predicted molar refractivity (Wildman–Crippen MR) is 84.9 cm³/mol. The summed E-state index contributed by atoms with van der Waals surface area (Å²) in [6.07, 6.45) is 0. The molecule has 3 N–H and O–H groups in total. The Bertz CT molecular complexity index is 695. The molecule has 7 heteroatoms. The summed E-state index contributed by atoms with van der Waals surface area (Å²) >= 11 is 13.3. The van der Waals surface area contributed by atoms with Gasteiger partial charge in [-0.15, -0.1) is 11.8 Å². The van der Waals surface area contributed by atoms with Crippen molar-refractivity contribution in [3.8, 4) is 0 Å². The van der Waals surface area contributed by atoms with E-state index in [1.807, 2.05) is 6.07 Å². The number of halogens is 3. The molecule has 2 aromatic rings. The van der Waals surface area contributed by atoms with Gasteiger partial charge in [0, 0.05) is 16.2 Å². The van der Waals surface area contributed by atoms with Crippen molar-refractivity contribution in [2.75, 3.05) is 0 Å². The predicted octanol–water partition coefficient (Wildman–Crippen LogP) is 4.52. The number of rotatable bonds is 4. The molecule has 0 aliphatic heterocycles. The number of oxime groups is 1. The summed E-state index contributed by atoms with van der Waals surface area (Å²) < 4.78 is 13.5. The van der Waals surface area contributed by atoms with E-state index in [0.717, 1.165) is 4.90 Å². The van der Waals surface area contributed by atoms with Crippen LogP contribution in [-0.4, -0.2) is 11.0 Å². The van der Waals surface area contributed by atoms with Crippen molar-refractivity contribution in [1.82, 2.24) is 0 Å². The van der Waals surface area contributed by atoms with Gasteiger partial charge >= 0.3 is 0 Å². The van der Waals surface area contributed by atoms with Gasteiger partial charge in [-0.05, 0) is 42.0 Å². The van der Waals surface area contributed by atoms with Crippen LogP contribution >= 0.6 is 35.0 Å². The van der Waals surface area contributed by atoms with Gasteiger partial charge in [-0.25, -0.2) is 4.39 Å². The highest BCUT2D eigenvalue weighted by molar-refractivity contribution is 7.98. The molecule has 0 aliphatic rings. The molecule has 110 valence electrons. The van der Waals surface area contributed by atoms with E-state index in [-0.39, 0.29) is 5.84 Å². The summed E-state index contributed by atoms with van der Waals surface area (Å²) in [6.45, 7) is 0. The average molecular weight is 345 g/mol. The second kappa shape index (κ2) is 7.02. The van der Waals surface area contributed by atoms with E-state index >= 15 is 0 Å². The van der Waals surface area contributed by atoms with Crippen LogP contribution in [-0.2, 0) is 5.75 Å². The van der Waals surface area contributed by atoms with Crippen molar-refractivity contribution in [3.63, 3.8) is 0 Å². The van der Waals surface area contributed by atoms with Crippen LogP contribution in [0, 0.1) is 5.82 Å². The van der Waals surface area contributed by atoms with E-state index in [9.17, 15) is 4.39 Å². The van der Waals surface area contributed by atoms with Crippen LogP contribution in [0.3, 0.4) is 0 Å². The van der Waals surface area contributed by atoms with Gasteiger partial charge in [0.1, 0.15) is 5.82 Å². The normalized spacial score (nSPS) is 11.7. The summed E-state index contributed by atoms with van der Waals surface area (Å²) in [5.74, 6) is -0.0549. The first kappa shape index (κ1) is 15.9. The Balaban J connectivity index is 2.16. The molecule has 0 saturated heterocycles. The zero-order valence-corrected chi connectivity index (χ0v) is 13.0. The molecular weight excluding hydrogens is 334 g/mol. The van der Waals surface area contributed by atoms with Gasteiger partial charge in [0.2, 0.25) is 0 Å². The Morgan fingerprint density at radius 2 is 1.95 bits per heavy atom. The maximum Gasteiger partial charge on any atom is 0.170 e. The highest BCUT2D eigenvalue weighted by Gasteiger charge is 2.06. The van der Waals surface area contributed by atoms with E-state index in [0.29, 0.717) is 26.9 Å². The van der Waals surface area contributed by atoms with Crippen molar-refractivity contribution in [1.29, 1.82) is 0 Å². The van der Waals surface area contributed by atoms with Crippen LogP contribution < -0.4 is 5.73 Å². The first-order valence-corrected chi connectivity index (χ1v) is 7.59. The third kappa shape index (κ3) is 4.27. The Morgan fingerprint density at radius 1 is 1.19 bits per heavy atom. The van der Waals surface area contributed by atoms with Gasteiger partial charge in [0.15, 0.2) is 5.84 Å². The summed E-state index contributed by atoms with van der Waals surface area (Å²) in [7, 11) is 0. The van der Waals surface area contributed by atoms with E-state index in [2.05, 4.69) is 5.16 Å². The van der Waals surface area contributed by atoms with E-state index in [1.165, 1.54) is 23.9 Å². The molecule has 0 aliphatic carbocycles. The van der Waals surface area contributed by atoms with Crippen molar-refractivity contribution < 1.29 is 9.60 Å². The second-order valence-electron chi connectivity index (χ2n) is 4.20. The van der Waals surface area contributed by atoms with Crippen LogP contribution in [0.5, 0.6) is 0 Å². The molecule has 0 fully saturated rings. The number of hydrogen-bond donors (Lipinski definition) is 2. The Hall–Kier alpha value is -1.43. The highest BCUT2D eigenvalue weighted by Crippen LogP contribution is 2.30. The van der Waals surface area contributed by atoms with Crippen LogP contribution in [0.25, 0.3) is 0 Å². The van der Waals surface area contributed by atoms with Gasteiger partial charge in [-0.1, -0.05) is 28.4 Å². The van der Waals surface area contributed by atoms with Gasteiger partial charge in [0.25, 0.3) is 0 Å². The van der Waals surface area contributed by atoms with Crippen LogP contribution in [0.4, 0.5) is 4.39 Å². The molecule has 0 atom stereocenters. The molecule has 0 radical (unpaired) electrons. The minimum Gasteiger partial charge on any atom is -0.409 e. The lowest BCUT2D eigenvalue weighted by Crippen LogP contribution is -2.13. The SMILES string of the molecule is N/C(=N/O)c1cc(F)cc(CSc2ccc(Cl)c(Cl)c2)c1. The van der Waals surface area contributed by atoms with E-state index in [4.69, 9.17) is 34.1 Å². The van der Waals surface area contributed by atoms with E-state index in [1.54, 1.807) is 18.2 Å². The lowest BCUT2D eigenvalue weighted by atomic mass is 10.1. The molecule has 0 amide bonds. The fourth-order valence-electron chi connectivity index (χ4n) is 1.67. The van der Waals surface area contributed by atoms with Crippen molar-refractivity contribution in [3.05, 3.63) is 63.4 Å². The molecule has 0 unspecified atom stereocenters. The van der Waals surface area contributed by atoms with Gasteiger partial charge < -0.3 is 10.9 Å². The zero-order valence-electron chi connectivity index (χ0n) is 10.7. The zero-order chi connectivity index (χ0) is 15.4. The molecule has 0 aromatic heterocycles. The fraction of sp³-hybridized carbons (Fsp3) is 0.0714. The Labute approximate surface area is 135 Å². The number of benzene rings is 2. The number of amidine groups is 1. The largest absolute Gasteiger partial charge is 0.409 e. The van der Waals surface area contributed by atoms with Gasteiger partial charge in [-0.3, -0.25) is 0 Å². The summed E-state index contributed by atoms with van der Waals surface area (Å²) in [5.41, 5.74) is 6.52. The molecular formula is C14H11Cl2FN2OS. The van der Waals surface area contributed by atoms with Crippen molar-refractivity contribution in [2.45, 2.75) is 10.6 Å². The first-order valence-electron chi connectivity index (χ1n) is 5.85. The van der Waals surface area contributed by atoms with Crippen LogP contribution in [0.1, 0.15) is 11.1 Å². The molecule has 0 spiro atoms. The minimum absolute atomic E-state index is 0.129. The average Bonchev–Trinajstić information content (AvgIpc) is 2.47. The monoisotopic (exact) mass is 344 g/mol. The number of thioether (sulfide) groups is 1. The second-order valence-corrected chi connectivity index (χ2v) is 6.06. The van der Waals surface area contributed by atoms with Crippen molar-refractivity contribution >= 4 is 40.8 Å². The minimum atomic E-state index is -0.441. The lowest BCUT2D eigenvalue weighted by Gasteiger charge is -2.06. The summed E-state index contributed by atoms with van der Waals surface area (Å²) in [6, 6.07) is 9.57. The third-order valence-electron chi connectivity index (χ3n) is 2.66. The van der Waals surface area contributed by atoms with Gasteiger partial charge in [0.05, 0.1) is 10.0 Å².